The Hall–Kier alpha value is -1.11. The van der Waals surface area contributed by atoms with Crippen molar-refractivity contribution >= 4 is 10.0 Å². The summed E-state index contributed by atoms with van der Waals surface area (Å²) in [5.74, 6) is 0.689. The molecule has 0 amide bonds. The Kier molecular flexibility index (Phi) is 5.47. The minimum Gasteiger partial charge on any atom is -0.497 e. The number of aryl methyl sites for hydroxylation is 2. The molecule has 1 aliphatic heterocycles. The second-order valence-electron chi connectivity index (χ2n) is 5.97. The molecule has 2 rings (SSSR count). The second-order valence-corrected chi connectivity index (χ2v) is 7.95. The summed E-state index contributed by atoms with van der Waals surface area (Å²) in [7, 11) is -0.217. The average Bonchev–Trinajstić information content (AvgIpc) is 2.96. The van der Waals surface area contributed by atoms with E-state index in [2.05, 4.69) is 4.90 Å². The average molecular weight is 326 g/mol. The molecule has 0 aliphatic carbocycles. The molecule has 5 nitrogen and oxygen atoms in total. The third-order valence-electron chi connectivity index (χ3n) is 4.27. The molecule has 0 unspecified atom stereocenters. The first-order chi connectivity index (χ1) is 10.4. The molecule has 0 atom stereocenters. The molecule has 1 fully saturated rings. The van der Waals surface area contributed by atoms with Crippen LogP contribution in [0.5, 0.6) is 5.75 Å². The maximum atomic E-state index is 12.8. The fourth-order valence-electron chi connectivity index (χ4n) is 3.00. The number of hydrogen-bond acceptors (Lipinski definition) is 4. The van der Waals surface area contributed by atoms with Gasteiger partial charge in [0.2, 0.25) is 10.0 Å². The Bertz CT molecular complexity index is 599. The van der Waals surface area contributed by atoms with Gasteiger partial charge in [-0.25, -0.2) is 8.42 Å². The molecule has 124 valence electrons. The Labute approximate surface area is 133 Å². The van der Waals surface area contributed by atoms with E-state index in [1.807, 2.05) is 13.8 Å². The van der Waals surface area contributed by atoms with E-state index in [1.54, 1.807) is 26.3 Å². The number of ether oxygens (including phenoxy) is 1. The highest BCUT2D eigenvalue weighted by Gasteiger charge is 2.26. The summed E-state index contributed by atoms with van der Waals surface area (Å²) in [6.07, 6.45) is 2.43. The number of likely N-dealkylation sites (N-methyl/N-ethyl adjacent to an activating group) is 1. The molecule has 0 aromatic heterocycles. The minimum atomic E-state index is -3.47. The summed E-state index contributed by atoms with van der Waals surface area (Å²) < 4.78 is 32.4. The van der Waals surface area contributed by atoms with Gasteiger partial charge >= 0.3 is 0 Å². The lowest BCUT2D eigenvalue weighted by Crippen LogP contribution is -2.35. The summed E-state index contributed by atoms with van der Waals surface area (Å²) in [6.45, 7) is 7.10. The van der Waals surface area contributed by atoms with E-state index in [0.29, 0.717) is 17.2 Å². The van der Waals surface area contributed by atoms with Gasteiger partial charge in [0.1, 0.15) is 5.75 Å². The lowest BCUT2D eigenvalue weighted by molar-refractivity contribution is 0.310. The van der Waals surface area contributed by atoms with Gasteiger partial charge in [0.25, 0.3) is 0 Å². The maximum absolute atomic E-state index is 12.8. The first kappa shape index (κ1) is 17.2. The zero-order valence-corrected chi connectivity index (χ0v) is 14.7. The highest BCUT2D eigenvalue weighted by atomic mass is 32.2. The molecule has 0 N–H and O–H groups in total. The van der Waals surface area contributed by atoms with Crippen LogP contribution in [0, 0.1) is 13.8 Å². The van der Waals surface area contributed by atoms with Crippen LogP contribution in [0.25, 0.3) is 0 Å². The fraction of sp³-hybridized carbons (Fsp3) is 0.625. The van der Waals surface area contributed by atoms with Gasteiger partial charge in [-0.15, -0.1) is 0 Å². The molecular formula is C16H26N2O3S. The Morgan fingerprint density at radius 1 is 1.18 bits per heavy atom. The third-order valence-corrected chi connectivity index (χ3v) is 6.43. The van der Waals surface area contributed by atoms with E-state index in [1.165, 1.54) is 17.1 Å². The highest BCUT2D eigenvalue weighted by Crippen LogP contribution is 2.27. The molecule has 6 heteroatoms. The van der Waals surface area contributed by atoms with Crippen LogP contribution in [0.2, 0.25) is 0 Å². The zero-order valence-electron chi connectivity index (χ0n) is 13.9. The van der Waals surface area contributed by atoms with Gasteiger partial charge in [-0.3, -0.25) is 0 Å². The van der Waals surface area contributed by atoms with Crippen LogP contribution in [0.1, 0.15) is 24.0 Å². The third kappa shape index (κ3) is 3.62. The maximum Gasteiger partial charge on any atom is 0.243 e. The molecule has 0 spiro atoms. The molecule has 22 heavy (non-hydrogen) atoms. The summed E-state index contributed by atoms with van der Waals surface area (Å²) in [5, 5.41) is 0. The summed E-state index contributed by atoms with van der Waals surface area (Å²) in [4.78, 5) is 2.72. The summed E-state index contributed by atoms with van der Waals surface area (Å²) in [6, 6.07) is 3.54. The van der Waals surface area contributed by atoms with Gasteiger partial charge in [0.05, 0.1) is 12.0 Å². The van der Waals surface area contributed by atoms with Crippen LogP contribution in [-0.4, -0.2) is 58.0 Å². The Morgan fingerprint density at radius 3 is 2.23 bits per heavy atom. The SMILES string of the molecule is COc1cc(C)c(S(=O)(=O)N(C)CCN2CCCC2)c(C)c1. The Balaban J connectivity index is 2.18. The van der Waals surface area contributed by atoms with Crippen molar-refractivity contribution in [3.63, 3.8) is 0 Å². The van der Waals surface area contributed by atoms with Crippen molar-refractivity contribution in [2.75, 3.05) is 40.3 Å². The lowest BCUT2D eigenvalue weighted by atomic mass is 10.1. The topological polar surface area (TPSA) is 49.9 Å². The molecule has 0 bridgehead atoms. The molecule has 1 saturated heterocycles. The van der Waals surface area contributed by atoms with E-state index in [9.17, 15) is 8.42 Å². The molecule has 0 saturated carbocycles. The number of nitrogens with zero attached hydrogens (tertiary/aromatic N) is 2. The first-order valence-corrected chi connectivity index (χ1v) is 9.14. The summed E-state index contributed by atoms with van der Waals surface area (Å²) in [5.41, 5.74) is 1.45. The molecule has 1 heterocycles. The number of rotatable bonds is 6. The van der Waals surface area contributed by atoms with Crippen LogP contribution >= 0.6 is 0 Å². The van der Waals surface area contributed by atoms with Gasteiger partial charge in [-0.05, 0) is 63.0 Å². The van der Waals surface area contributed by atoms with E-state index in [-0.39, 0.29) is 0 Å². The van der Waals surface area contributed by atoms with E-state index in [4.69, 9.17) is 4.74 Å². The highest BCUT2D eigenvalue weighted by molar-refractivity contribution is 7.89. The van der Waals surface area contributed by atoms with Crippen molar-refractivity contribution in [1.29, 1.82) is 0 Å². The van der Waals surface area contributed by atoms with Crippen molar-refractivity contribution in [1.82, 2.24) is 9.21 Å². The Morgan fingerprint density at radius 2 is 1.73 bits per heavy atom. The predicted molar refractivity (Wildman–Crippen MR) is 88.0 cm³/mol. The molecule has 1 aliphatic rings. The predicted octanol–water partition coefficient (Wildman–Crippen LogP) is 2.03. The summed E-state index contributed by atoms with van der Waals surface area (Å²) >= 11 is 0. The van der Waals surface area contributed by atoms with Crippen LogP contribution in [0.3, 0.4) is 0 Å². The monoisotopic (exact) mass is 326 g/mol. The normalized spacial score (nSPS) is 16.4. The largest absolute Gasteiger partial charge is 0.497 e. The van der Waals surface area contributed by atoms with Gasteiger partial charge in [0.15, 0.2) is 0 Å². The quantitative estimate of drug-likeness (QED) is 0.802. The lowest BCUT2D eigenvalue weighted by Gasteiger charge is -2.23. The molecule has 1 aromatic rings. The van der Waals surface area contributed by atoms with E-state index in [0.717, 1.165) is 30.8 Å². The number of sulfonamides is 1. The minimum absolute atomic E-state index is 0.400. The van der Waals surface area contributed by atoms with Gasteiger partial charge < -0.3 is 9.64 Å². The van der Waals surface area contributed by atoms with E-state index < -0.39 is 10.0 Å². The molecule has 1 aromatic carbocycles. The second kappa shape index (κ2) is 6.98. The van der Waals surface area contributed by atoms with Crippen LogP contribution < -0.4 is 4.74 Å². The van der Waals surface area contributed by atoms with Gasteiger partial charge in [-0.1, -0.05) is 0 Å². The number of likely N-dealkylation sites (tertiary alicyclic amines) is 1. The van der Waals surface area contributed by atoms with Gasteiger partial charge in [0, 0.05) is 20.1 Å². The van der Waals surface area contributed by atoms with Crippen molar-refractivity contribution in [3.05, 3.63) is 23.3 Å². The van der Waals surface area contributed by atoms with E-state index >= 15 is 0 Å². The van der Waals surface area contributed by atoms with Crippen molar-refractivity contribution in [2.24, 2.45) is 0 Å². The fourth-order valence-corrected chi connectivity index (χ4v) is 4.57. The van der Waals surface area contributed by atoms with Crippen LogP contribution in [0.15, 0.2) is 17.0 Å². The van der Waals surface area contributed by atoms with Crippen LogP contribution in [0.4, 0.5) is 0 Å². The number of benzene rings is 1. The van der Waals surface area contributed by atoms with Gasteiger partial charge in [-0.2, -0.15) is 4.31 Å². The smallest absolute Gasteiger partial charge is 0.243 e. The van der Waals surface area contributed by atoms with Crippen molar-refractivity contribution < 1.29 is 13.2 Å². The molecule has 0 radical (unpaired) electrons. The zero-order chi connectivity index (χ0) is 16.3. The van der Waals surface area contributed by atoms with Crippen LogP contribution in [-0.2, 0) is 10.0 Å². The van der Waals surface area contributed by atoms with Crippen molar-refractivity contribution in [2.45, 2.75) is 31.6 Å². The van der Waals surface area contributed by atoms with Crippen molar-refractivity contribution in [3.8, 4) is 5.75 Å². The standard InChI is InChI=1S/C16H26N2O3S/c1-13-11-15(21-4)12-14(2)16(13)22(19,20)17(3)9-10-18-7-5-6-8-18/h11-12H,5-10H2,1-4H3. The number of methoxy groups -OCH3 is 1. The first-order valence-electron chi connectivity index (χ1n) is 7.70. The molecular weight excluding hydrogens is 300 g/mol. The number of hydrogen-bond donors (Lipinski definition) is 0.